The molecule has 7 heavy (non-hydrogen) atoms. The molecule has 3 heteroatoms. The Balaban J connectivity index is 2.98. The van der Waals surface area contributed by atoms with Crippen molar-refractivity contribution in [3.05, 3.63) is 0 Å². The summed E-state index contributed by atoms with van der Waals surface area (Å²) in [5.41, 5.74) is 0. The Bertz CT molecular complexity index is 55.7. The molecule has 0 aliphatic carbocycles. The molecule has 0 heterocycles. The third kappa shape index (κ3) is 3.42. The van der Waals surface area contributed by atoms with Crippen LogP contribution in [0.3, 0.4) is 0 Å². The molecule has 0 aromatic heterocycles. The molecule has 1 N–H and O–H groups in total. The number of aliphatic hydroxyl groups is 1. The highest BCUT2D eigenvalue weighted by atomic mass is 16.6. The molecular formula is C4H9NO2. The number of hydrogen-bond donors (Lipinski definition) is 1. The molecule has 0 amide bonds. The van der Waals surface area contributed by atoms with E-state index >= 15 is 0 Å². The molecule has 0 aromatic rings. The molecule has 0 spiro atoms. The van der Waals surface area contributed by atoms with Crippen LogP contribution in [0.15, 0.2) is 4.99 Å². The van der Waals surface area contributed by atoms with E-state index in [1.54, 1.807) is 6.92 Å². The lowest BCUT2D eigenvalue weighted by molar-refractivity contribution is -0.0863. The lowest BCUT2D eigenvalue weighted by Gasteiger charge is -2.00. The van der Waals surface area contributed by atoms with Crippen LogP contribution >= 0.6 is 0 Å². The number of aliphatic hydroxyl groups excluding tert-OH is 1. The molecule has 0 radical (unpaired) electrons. The molecule has 3 nitrogen and oxygen atoms in total. The van der Waals surface area contributed by atoms with Gasteiger partial charge in [0.15, 0.2) is 0 Å². The monoisotopic (exact) mass is 103 g/mol. The normalized spacial score (nSPS) is 13.4. The zero-order valence-electron chi connectivity index (χ0n) is 4.29. The van der Waals surface area contributed by atoms with E-state index in [0.717, 1.165) is 0 Å². The fraction of sp³-hybridized carbons (Fsp3) is 0.750. The highest BCUT2D eigenvalue weighted by Gasteiger charge is 1.90. The van der Waals surface area contributed by atoms with Gasteiger partial charge in [-0.2, -0.15) is 0 Å². The van der Waals surface area contributed by atoms with Gasteiger partial charge in [0.1, 0.15) is 0 Å². The van der Waals surface area contributed by atoms with E-state index in [-0.39, 0.29) is 0 Å². The SMILES string of the molecule is C=NC(O)OCC. The van der Waals surface area contributed by atoms with Crippen molar-refractivity contribution >= 4 is 6.72 Å². The van der Waals surface area contributed by atoms with Crippen LogP contribution < -0.4 is 0 Å². The molecular weight excluding hydrogens is 94.0 g/mol. The molecule has 42 valence electrons. The van der Waals surface area contributed by atoms with Gasteiger partial charge in [-0.25, -0.2) is 4.99 Å². The summed E-state index contributed by atoms with van der Waals surface area (Å²) in [6, 6.07) is 0. The summed E-state index contributed by atoms with van der Waals surface area (Å²) in [4.78, 5) is 3.16. The van der Waals surface area contributed by atoms with Crippen LogP contribution in [-0.2, 0) is 4.74 Å². The Morgan fingerprint density at radius 3 is 2.71 bits per heavy atom. The van der Waals surface area contributed by atoms with Gasteiger partial charge in [-0.3, -0.25) is 0 Å². The standard InChI is InChI=1S/C4H9NO2/c1-3-7-4(6)5-2/h4,6H,2-3H2,1H3. The second-order valence-electron chi connectivity index (χ2n) is 0.964. The lowest BCUT2D eigenvalue weighted by atomic mass is 10.9. The maximum atomic E-state index is 8.41. The molecule has 0 aromatic carbocycles. The van der Waals surface area contributed by atoms with E-state index in [9.17, 15) is 0 Å². The Morgan fingerprint density at radius 1 is 2.00 bits per heavy atom. The maximum Gasteiger partial charge on any atom is 0.255 e. The van der Waals surface area contributed by atoms with E-state index in [1.165, 1.54) is 0 Å². The van der Waals surface area contributed by atoms with E-state index in [1.807, 2.05) is 0 Å². The molecule has 0 saturated carbocycles. The highest BCUT2D eigenvalue weighted by Crippen LogP contribution is 1.83. The summed E-state index contributed by atoms with van der Waals surface area (Å²) in [5, 5.41) is 8.41. The topological polar surface area (TPSA) is 41.8 Å². The van der Waals surface area contributed by atoms with Crippen LogP contribution in [0.1, 0.15) is 6.92 Å². The Kier molecular flexibility index (Phi) is 3.55. The van der Waals surface area contributed by atoms with E-state index in [2.05, 4.69) is 16.4 Å². The van der Waals surface area contributed by atoms with Gasteiger partial charge in [-0.1, -0.05) is 0 Å². The summed E-state index contributed by atoms with van der Waals surface area (Å²) in [6.07, 6.45) is -1.04. The van der Waals surface area contributed by atoms with Crippen molar-refractivity contribution < 1.29 is 9.84 Å². The smallest absolute Gasteiger partial charge is 0.255 e. The van der Waals surface area contributed by atoms with Crippen molar-refractivity contribution in [3.8, 4) is 0 Å². The van der Waals surface area contributed by atoms with E-state index in [4.69, 9.17) is 5.11 Å². The first-order valence-electron chi connectivity index (χ1n) is 2.06. The second-order valence-corrected chi connectivity index (χ2v) is 0.964. The number of rotatable bonds is 3. The molecule has 0 aliphatic heterocycles. The molecule has 0 aliphatic rings. The average molecular weight is 103 g/mol. The van der Waals surface area contributed by atoms with Crippen molar-refractivity contribution in [2.24, 2.45) is 4.99 Å². The number of ether oxygens (including phenoxy) is 1. The first-order chi connectivity index (χ1) is 3.31. The Hall–Kier alpha value is -0.410. The number of nitrogens with zero attached hydrogens (tertiary/aromatic N) is 1. The highest BCUT2D eigenvalue weighted by molar-refractivity contribution is 5.23. The van der Waals surface area contributed by atoms with Gasteiger partial charge in [-0.05, 0) is 13.6 Å². The van der Waals surface area contributed by atoms with Crippen LogP contribution in [0.4, 0.5) is 0 Å². The zero-order chi connectivity index (χ0) is 5.70. The zero-order valence-corrected chi connectivity index (χ0v) is 4.29. The van der Waals surface area contributed by atoms with Gasteiger partial charge < -0.3 is 9.84 Å². The van der Waals surface area contributed by atoms with Crippen LogP contribution in [0.2, 0.25) is 0 Å². The molecule has 1 unspecified atom stereocenters. The van der Waals surface area contributed by atoms with E-state index in [0.29, 0.717) is 6.61 Å². The van der Waals surface area contributed by atoms with Crippen molar-refractivity contribution in [2.45, 2.75) is 13.3 Å². The predicted octanol–water partition coefficient (Wildman–Crippen LogP) is -0.000600. The third-order valence-corrected chi connectivity index (χ3v) is 0.472. The first-order valence-corrected chi connectivity index (χ1v) is 2.06. The summed E-state index contributed by atoms with van der Waals surface area (Å²) in [5.74, 6) is 0. The molecule has 0 saturated heterocycles. The van der Waals surface area contributed by atoms with Gasteiger partial charge in [0.2, 0.25) is 0 Å². The van der Waals surface area contributed by atoms with Gasteiger partial charge in [0.05, 0.1) is 0 Å². The Labute approximate surface area is 42.6 Å². The summed E-state index contributed by atoms with van der Waals surface area (Å²) >= 11 is 0. The average Bonchev–Trinajstić information content (AvgIpc) is 1.68. The quantitative estimate of drug-likeness (QED) is 0.403. The third-order valence-electron chi connectivity index (χ3n) is 0.472. The fourth-order valence-corrected chi connectivity index (χ4v) is 0.202. The largest absolute Gasteiger partial charge is 0.350 e. The van der Waals surface area contributed by atoms with Crippen LogP contribution in [-0.4, -0.2) is 24.8 Å². The van der Waals surface area contributed by atoms with Crippen molar-refractivity contribution in [1.29, 1.82) is 0 Å². The fourth-order valence-electron chi connectivity index (χ4n) is 0.202. The van der Waals surface area contributed by atoms with Crippen molar-refractivity contribution in [3.63, 3.8) is 0 Å². The predicted molar refractivity (Wildman–Crippen MR) is 27.2 cm³/mol. The second kappa shape index (κ2) is 3.77. The minimum atomic E-state index is -1.04. The van der Waals surface area contributed by atoms with Crippen LogP contribution in [0.5, 0.6) is 0 Å². The summed E-state index contributed by atoms with van der Waals surface area (Å²) in [6.45, 7) is 5.28. The van der Waals surface area contributed by atoms with Gasteiger partial charge in [0, 0.05) is 6.61 Å². The van der Waals surface area contributed by atoms with Crippen molar-refractivity contribution in [1.82, 2.24) is 0 Å². The minimum Gasteiger partial charge on any atom is -0.350 e. The van der Waals surface area contributed by atoms with Crippen LogP contribution in [0, 0.1) is 0 Å². The van der Waals surface area contributed by atoms with Crippen molar-refractivity contribution in [2.75, 3.05) is 6.61 Å². The summed E-state index contributed by atoms with van der Waals surface area (Å²) in [7, 11) is 0. The Morgan fingerprint density at radius 2 is 2.57 bits per heavy atom. The molecule has 0 rings (SSSR count). The van der Waals surface area contributed by atoms with Gasteiger partial charge >= 0.3 is 0 Å². The minimum absolute atomic E-state index is 0.459. The first kappa shape index (κ1) is 6.59. The maximum absolute atomic E-state index is 8.41. The number of hydrogen-bond acceptors (Lipinski definition) is 3. The van der Waals surface area contributed by atoms with Gasteiger partial charge in [-0.15, -0.1) is 0 Å². The van der Waals surface area contributed by atoms with E-state index < -0.39 is 6.41 Å². The molecule has 0 fully saturated rings. The van der Waals surface area contributed by atoms with Gasteiger partial charge in [0.25, 0.3) is 6.41 Å². The number of aliphatic imine (C=N–C) groups is 1. The summed E-state index contributed by atoms with van der Waals surface area (Å²) < 4.78 is 4.52. The van der Waals surface area contributed by atoms with Crippen LogP contribution in [0.25, 0.3) is 0 Å². The molecule has 1 atom stereocenters. The lowest BCUT2D eigenvalue weighted by Crippen LogP contribution is -2.06. The molecule has 0 bridgehead atoms.